The largest absolute Gasteiger partial charge is 0.380 e. The molecule has 0 saturated carbocycles. The maximum atomic E-state index is 5.46. The highest BCUT2D eigenvalue weighted by atomic mass is 32.1. The van der Waals surface area contributed by atoms with E-state index in [1.165, 1.54) is 4.88 Å². The molecule has 0 aliphatic heterocycles. The standard InChI is InChI=1S/C15H29N3O2S/c1-4-7-16-12-14-13-17-15(21-14)18(8-10-19-5-2)9-11-20-6-3/h13,16H,4-12H2,1-3H3. The van der Waals surface area contributed by atoms with Crippen molar-refractivity contribution < 1.29 is 9.47 Å². The highest BCUT2D eigenvalue weighted by Crippen LogP contribution is 2.22. The van der Waals surface area contributed by atoms with Crippen LogP contribution in [0.5, 0.6) is 0 Å². The Balaban J connectivity index is 2.50. The first-order valence-electron chi connectivity index (χ1n) is 7.87. The van der Waals surface area contributed by atoms with E-state index in [-0.39, 0.29) is 0 Å². The number of anilines is 1. The van der Waals surface area contributed by atoms with Crippen LogP contribution in [0.25, 0.3) is 0 Å². The van der Waals surface area contributed by atoms with Gasteiger partial charge in [-0.3, -0.25) is 0 Å². The van der Waals surface area contributed by atoms with E-state index in [1.807, 2.05) is 20.0 Å². The van der Waals surface area contributed by atoms with Crippen molar-refractivity contribution in [3.05, 3.63) is 11.1 Å². The van der Waals surface area contributed by atoms with Crippen LogP contribution in [-0.4, -0.2) is 51.0 Å². The summed E-state index contributed by atoms with van der Waals surface area (Å²) < 4.78 is 10.9. The van der Waals surface area contributed by atoms with Crippen molar-refractivity contribution in [2.45, 2.75) is 33.7 Å². The molecular formula is C15H29N3O2S. The molecule has 0 atom stereocenters. The quantitative estimate of drug-likeness (QED) is 0.567. The number of rotatable bonds is 13. The Morgan fingerprint density at radius 2 is 1.81 bits per heavy atom. The van der Waals surface area contributed by atoms with Gasteiger partial charge in [-0.25, -0.2) is 4.98 Å². The molecule has 5 nitrogen and oxygen atoms in total. The second kappa shape index (κ2) is 11.9. The fourth-order valence-electron chi connectivity index (χ4n) is 1.85. The van der Waals surface area contributed by atoms with Crippen LogP contribution in [0.3, 0.4) is 0 Å². The molecule has 1 aromatic heterocycles. The Morgan fingerprint density at radius 1 is 1.14 bits per heavy atom. The number of nitrogens with one attached hydrogen (secondary N) is 1. The van der Waals surface area contributed by atoms with E-state index in [4.69, 9.17) is 9.47 Å². The van der Waals surface area contributed by atoms with E-state index in [0.717, 1.165) is 64.2 Å². The monoisotopic (exact) mass is 315 g/mol. The van der Waals surface area contributed by atoms with Gasteiger partial charge in [0.05, 0.1) is 13.2 Å². The average Bonchev–Trinajstić information content (AvgIpc) is 2.95. The highest BCUT2D eigenvalue weighted by molar-refractivity contribution is 7.15. The fraction of sp³-hybridized carbons (Fsp3) is 0.800. The minimum Gasteiger partial charge on any atom is -0.380 e. The highest BCUT2D eigenvalue weighted by Gasteiger charge is 2.11. The van der Waals surface area contributed by atoms with Crippen molar-refractivity contribution in [3.8, 4) is 0 Å². The Kier molecular flexibility index (Phi) is 10.4. The van der Waals surface area contributed by atoms with E-state index >= 15 is 0 Å². The van der Waals surface area contributed by atoms with Crippen molar-refractivity contribution >= 4 is 16.5 Å². The van der Waals surface area contributed by atoms with E-state index in [9.17, 15) is 0 Å². The van der Waals surface area contributed by atoms with Gasteiger partial charge in [-0.15, -0.1) is 11.3 Å². The fourth-order valence-corrected chi connectivity index (χ4v) is 2.79. The van der Waals surface area contributed by atoms with Crippen molar-refractivity contribution in [1.29, 1.82) is 0 Å². The summed E-state index contributed by atoms with van der Waals surface area (Å²) in [7, 11) is 0. The van der Waals surface area contributed by atoms with Gasteiger partial charge in [0.15, 0.2) is 5.13 Å². The topological polar surface area (TPSA) is 46.6 Å². The molecule has 0 spiro atoms. The zero-order valence-electron chi connectivity index (χ0n) is 13.6. The molecule has 122 valence electrons. The maximum absolute atomic E-state index is 5.46. The molecule has 0 aliphatic carbocycles. The third-order valence-electron chi connectivity index (χ3n) is 2.96. The molecule has 0 unspecified atom stereocenters. The summed E-state index contributed by atoms with van der Waals surface area (Å²) in [6.45, 7) is 12.8. The number of hydrogen-bond donors (Lipinski definition) is 1. The third-order valence-corrected chi connectivity index (χ3v) is 4.02. The number of hydrogen-bond acceptors (Lipinski definition) is 6. The van der Waals surface area contributed by atoms with Gasteiger partial charge in [0, 0.05) is 43.9 Å². The molecule has 21 heavy (non-hydrogen) atoms. The van der Waals surface area contributed by atoms with Gasteiger partial charge in [0.25, 0.3) is 0 Å². The first-order chi connectivity index (χ1) is 10.3. The molecule has 1 rings (SSSR count). The van der Waals surface area contributed by atoms with Crippen LogP contribution < -0.4 is 10.2 Å². The van der Waals surface area contributed by atoms with Crippen molar-refractivity contribution in [1.82, 2.24) is 10.3 Å². The van der Waals surface area contributed by atoms with Crippen LogP contribution in [0.15, 0.2) is 6.20 Å². The number of aromatic nitrogens is 1. The smallest absolute Gasteiger partial charge is 0.185 e. The summed E-state index contributed by atoms with van der Waals surface area (Å²) in [5.74, 6) is 0. The van der Waals surface area contributed by atoms with Gasteiger partial charge in [-0.2, -0.15) is 0 Å². The normalized spacial score (nSPS) is 11.0. The molecule has 1 aromatic rings. The van der Waals surface area contributed by atoms with E-state index in [2.05, 4.69) is 22.1 Å². The summed E-state index contributed by atoms with van der Waals surface area (Å²) >= 11 is 1.75. The summed E-state index contributed by atoms with van der Waals surface area (Å²) in [6, 6.07) is 0. The lowest BCUT2D eigenvalue weighted by Gasteiger charge is -2.21. The van der Waals surface area contributed by atoms with Gasteiger partial charge < -0.3 is 19.7 Å². The SMILES string of the molecule is CCCNCc1cnc(N(CCOCC)CCOCC)s1. The second-order valence-corrected chi connectivity index (χ2v) is 5.76. The second-order valence-electron chi connectivity index (χ2n) is 4.67. The maximum Gasteiger partial charge on any atom is 0.185 e. The van der Waals surface area contributed by atoms with Crippen LogP contribution in [-0.2, 0) is 16.0 Å². The first-order valence-corrected chi connectivity index (χ1v) is 8.69. The van der Waals surface area contributed by atoms with E-state index < -0.39 is 0 Å². The Hall–Kier alpha value is -0.690. The van der Waals surface area contributed by atoms with Gasteiger partial charge in [0.2, 0.25) is 0 Å². The molecule has 0 aliphatic rings. The zero-order valence-corrected chi connectivity index (χ0v) is 14.4. The Morgan fingerprint density at radius 3 is 2.38 bits per heavy atom. The van der Waals surface area contributed by atoms with Gasteiger partial charge in [-0.05, 0) is 26.8 Å². The van der Waals surface area contributed by atoms with E-state index in [0.29, 0.717) is 0 Å². The predicted octanol–water partition coefficient (Wildman–Crippen LogP) is 2.52. The lowest BCUT2D eigenvalue weighted by molar-refractivity contribution is 0.141. The molecule has 0 bridgehead atoms. The van der Waals surface area contributed by atoms with Crippen LogP contribution in [0.1, 0.15) is 32.1 Å². The lowest BCUT2D eigenvalue weighted by Crippen LogP contribution is -2.31. The molecule has 0 radical (unpaired) electrons. The lowest BCUT2D eigenvalue weighted by atomic mass is 10.4. The summed E-state index contributed by atoms with van der Waals surface area (Å²) in [6.07, 6.45) is 3.12. The molecular weight excluding hydrogens is 286 g/mol. The van der Waals surface area contributed by atoms with Crippen LogP contribution >= 0.6 is 11.3 Å². The predicted molar refractivity (Wildman–Crippen MR) is 89.3 cm³/mol. The average molecular weight is 315 g/mol. The Labute approximate surface area is 132 Å². The summed E-state index contributed by atoms with van der Waals surface area (Å²) in [5.41, 5.74) is 0. The number of ether oxygens (including phenoxy) is 2. The first kappa shape index (κ1) is 18.4. The minimum absolute atomic E-state index is 0.728. The number of thiazole rings is 1. The van der Waals surface area contributed by atoms with Gasteiger partial charge >= 0.3 is 0 Å². The van der Waals surface area contributed by atoms with Crippen LogP contribution in [0, 0.1) is 0 Å². The summed E-state index contributed by atoms with van der Waals surface area (Å²) in [5, 5.41) is 4.47. The molecule has 0 fully saturated rings. The van der Waals surface area contributed by atoms with Crippen LogP contribution in [0.4, 0.5) is 5.13 Å². The molecule has 0 aromatic carbocycles. The van der Waals surface area contributed by atoms with Crippen molar-refractivity contribution in [3.63, 3.8) is 0 Å². The molecule has 6 heteroatoms. The molecule has 0 amide bonds. The molecule has 0 saturated heterocycles. The molecule has 1 N–H and O–H groups in total. The summed E-state index contributed by atoms with van der Waals surface area (Å²) in [4.78, 5) is 8.07. The zero-order chi connectivity index (χ0) is 15.3. The van der Waals surface area contributed by atoms with Gasteiger partial charge in [-0.1, -0.05) is 6.92 Å². The Bertz CT molecular complexity index is 350. The molecule has 1 heterocycles. The van der Waals surface area contributed by atoms with E-state index in [1.54, 1.807) is 11.3 Å². The van der Waals surface area contributed by atoms with Crippen molar-refractivity contribution in [2.24, 2.45) is 0 Å². The van der Waals surface area contributed by atoms with Crippen LogP contribution in [0.2, 0.25) is 0 Å². The number of nitrogens with zero attached hydrogens (tertiary/aromatic N) is 2. The minimum atomic E-state index is 0.728. The van der Waals surface area contributed by atoms with Crippen molar-refractivity contribution in [2.75, 3.05) is 51.0 Å². The third kappa shape index (κ3) is 7.76. The van der Waals surface area contributed by atoms with Gasteiger partial charge in [0.1, 0.15) is 0 Å².